The van der Waals surface area contributed by atoms with Crippen molar-refractivity contribution in [3.05, 3.63) is 36.5 Å². The molecule has 1 N–H and O–H groups in total. The first-order valence-electron chi connectivity index (χ1n) is 4.36. The van der Waals surface area contributed by atoms with E-state index in [2.05, 4.69) is 6.58 Å². The number of allylic oxidation sites excluding steroid dienone is 3. The van der Waals surface area contributed by atoms with Gasteiger partial charge in [-0.05, 0) is 18.9 Å². The van der Waals surface area contributed by atoms with Crippen molar-refractivity contribution in [3.8, 4) is 0 Å². The van der Waals surface area contributed by atoms with E-state index in [1.54, 1.807) is 6.08 Å². The van der Waals surface area contributed by atoms with E-state index in [1.807, 2.05) is 32.1 Å². The summed E-state index contributed by atoms with van der Waals surface area (Å²) in [5.41, 5.74) is 1.09. The highest BCUT2D eigenvalue weighted by Crippen LogP contribution is 2.07. The molecule has 0 aromatic heterocycles. The van der Waals surface area contributed by atoms with Crippen LogP contribution in [0.2, 0.25) is 0 Å². The molecule has 12 heavy (non-hydrogen) atoms. The van der Waals surface area contributed by atoms with Gasteiger partial charge in [-0.3, -0.25) is 0 Å². The van der Waals surface area contributed by atoms with Crippen molar-refractivity contribution in [1.29, 1.82) is 0 Å². The van der Waals surface area contributed by atoms with E-state index < -0.39 is 0 Å². The van der Waals surface area contributed by atoms with Gasteiger partial charge >= 0.3 is 0 Å². The lowest BCUT2D eigenvalue weighted by molar-refractivity contribution is 0.224. The van der Waals surface area contributed by atoms with Crippen LogP contribution in [0.25, 0.3) is 0 Å². The highest BCUT2D eigenvalue weighted by atomic mass is 16.3. The standard InChI is InChI=1S/C11H18O/c1-4-7-8-11(12)9-10(5-2)6-3/h5-8,11-12H,2,4,9H2,1,3H3/b8-7+,10-6+. The van der Waals surface area contributed by atoms with Crippen LogP contribution in [0, 0.1) is 0 Å². The predicted molar refractivity (Wildman–Crippen MR) is 54.0 cm³/mol. The Labute approximate surface area is 75.1 Å². The number of hydrogen-bond acceptors (Lipinski definition) is 1. The highest BCUT2D eigenvalue weighted by molar-refractivity contribution is 5.17. The second-order valence-electron chi connectivity index (χ2n) is 2.68. The van der Waals surface area contributed by atoms with Crippen molar-refractivity contribution in [1.82, 2.24) is 0 Å². The van der Waals surface area contributed by atoms with Gasteiger partial charge in [0, 0.05) is 6.42 Å². The number of aliphatic hydroxyl groups excluding tert-OH is 1. The normalized spacial score (nSPS) is 15.1. The average Bonchev–Trinajstić information content (AvgIpc) is 2.10. The minimum Gasteiger partial charge on any atom is -0.389 e. The maximum atomic E-state index is 9.44. The first-order chi connectivity index (χ1) is 5.74. The van der Waals surface area contributed by atoms with Gasteiger partial charge in [0.25, 0.3) is 0 Å². The quantitative estimate of drug-likeness (QED) is 0.492. The zero-order valence-corrected chi connectivity index (χ0v) is 7.96. The van der Waals surface area contributed by atoms with Gasteiger partial charge in [0.1, 0.15) is 0 Å². The van der Waals surface area contributed by atoms with Crippen LogP contribution in [0.4, 0.5) is 0 Å². The Morgan fingerprint density at radius 1 is 1.58 bits per heavy atom. The van der Waals surface area contributed by atoms with Crippen molar-refractivity contribution in [2.24, 2.45) is 0 Å². The van der Waals surface area contributed by atoms with E-state index in [4.69, 9.17) is 0 Å². The predicted octanol–water partition coefficient (Wildman–Crippen LogP) is 2.84. The molecule has 0 aromatic rings. The molecule has 0 saturated heterocycles. The second kappa shape index (κ2) is 6.86. The maximum absolute atomic E-state index is 9.44. The minimum atomic E-state index is -0.367. The summed E-state index contributed by atoms with van der Waals surface area (Å²) in [6.07, 6.45) is 8.81. The van der Waals surface area contributed by atoms with Gasteiger partial charge in [-0.15, -0.1) is 0 Å². The second-order valence-corrected chi connectivity index (χ2v) is 2.68. The Bertz CT molecular complexity index is 177. The lowest BCUT2D eigenvalue weighted by Crippen LogP contribution is -2.02. The summed E-state index contributed by atoms with van der Waals surface area (Å²) in [6, 6.07) is 0. The van der Waals surface area contributed by atoms with Crippen LogP contribution in [-0.2, 0) is 0 Å². The highest BCUT2D eigenvalue weighted by Gasteiger charge is 1.99. The topological polar surface area (TPSA) is 20.2 Å². The molecular weight excluding hydrogens is 148 g/mol. The molecule has 1 unspecified atom stereocenters. The van der Waals surface area contributed by atoms with Crippen molar-refractivity contribution < 1.29 is 5.11 Å². The summed E-state index contributed by atoms with van der Waals surface area (Å²) in [4.78, 5) is 0. The fourth-order valence-electron chi connectivity index (χ4n) is 0.922. The van der Waals surface area contributed by atoms with Crippen molar-refractivity contribution in [2.75, 3.05) is 0 Å². The average molecular weight is 166 g/mol. The van der Waals surface area contributed by atoms with Gasteiger partial charge in [-0.1, -0.05) is 37.8 Å². The fraction of sp³-hybridized carbons (Fsp3) is 0.455. The number of hydrogen-bond donors (Lipinski definition) is 1. The van der Waals surface area contributed by atoms with Gasteiger partial charge in [-0.25, -0.2) is 0 Å². The van der Waals surface area contributed by atoms with Crippen LogP contribution in [-0.4, -0.2) is 11.2 Å². The first-order valence-corrected chi connectivity index (χ1v) is 4.36. The van der Waals surface area contributed by atoms with E-state index in [9.17, 15) is 5.11 Å². The third kappa shape index (κ3) is 4.91. The molecule has 0 fully saturated rings. The van der Waals surface area contributed by atoms with Gasteiger partial charge in [-0.2, -0.15) is 0 Å². The Morgan fingerprint density at radius 2 is 2.25 bits per heavy atom. The molecule has 0 radical (unpaired) electrons. The summed E-state index contributed by atoms with van der Waals surface area (Å²) in [7, 11) is 0. The Kier molecular flexibility index (Phi) is 6.39. The molecule has 0 aliphatic rings. The fourth-order valence-corrected chi connectivity index (χ4v) is 0.922. The molecule has 0 aliphatic heterocycles. The van der Waals surface area contributed by atoms with Crippen LogP contribution < -0.4 is 0 Å². The van der Waals surface area contributed by atoms with E-state index >= 15 is 0 Å². The molecule has 1 atom stereocenters. The summed E-state index contributed by atoms with van der Waals surface area (Å²) in [5, 5.41) is 9.44. The smallest absolute Gasteiger partial charge is 0.0761 e. The van der Waals surface area contributed by atoms with Crippen LogP contribution in [0.5, 0.6) is 0 Å². The molecule has 0 amide bonds. The molecule has 0 rings (SSSR count). The third-order valence-electron chi connectivity index (χ3n) is 1.67. The maximum Gasteiger partial charge on any atom is 0.0761 e. The SMILES string of the molecule is C=C/C(=C\C)CC(O)/C=C/CC. The molecule has 1 nitrogen and oxygen atoms in total. The lowest BCUT2D eigenvalue weighted by atomic mass is 10.1. The molecular formula is C11H18O. The monoisotopic (exact) mass is 166 g/mol. The zero-order valence-electron chi connectivity index (χ0n) is 7.96. The van der Waals surface area contributed by atoms with Crippen molar-refractivity contribution >= 4 is 0 Å². The van der Waals surface area contributed by atoms with Crippen LogP contribution >= 0.6 is 0 Å². The van der Waals surface area contributed by atoms with Gasteiger partial charge in [0.05, 0.1) is 6.10 Å². The van der Waals surface area contributed by atoms with Crippen LogP contribution in [0.3, 0.4) is 0 Å². The van der Waals surface area contributed by atoms with Crippen LogP contribution in [0.1, 0.15) is 26.7 Å². The Hall–Kier alpha value is -0.820. The number of rotatable bonds is 5. The molecule has 0 heterocycles. The van der Waals surface area contributed by atoms with Gasteiger partial charge < -0.3 is 5.11 Å². The minimum absolute atomic E-state index is 0.367. The largest absolute Gasteiger partial charge is 0.389 e. The molecule has 0 spiro atoms. The Morgan fingerprint density at radius 3 is 2.67 bits per heavy atom. The van der Waals surface area contributed by atoms with Crippen LogP contribution in [0.15, 0.2) is 36.5 Å². The summed E-state index contributed by atoms with van der Waals surface area (Å²) < 4.78 is 0. The van der Waals surface area contributed by atoms with Gasteiger partial charge in [0.15, 0.2) is 0 Å². The summed E-state index contributed by atoms with van der Waals surface area (Å²) in [5.74, 6) is 0. The van der Waals surface area contributed by atoms with E-state index in [0.717, 1.165) is 12.0 Å². The molecule has 0 bridgehead atoms. The van der Waals surface area contributed by atoms with E-state index in [1.165, 1.54) is 0 Å². The summed E-state index contributed by atoms with van der Waals surface area (Å²) >= 11 is 0. The van der Waals surface area contributed by atoms with Gasteiger partial charge in [0.2, 0.25) is 0 Å². The third-order valence-corrected chi connectivity index (χ3v) is 1.67. The molecule has 68 valence electrons. The van der Waals surface area contributed by atoms with E-state index in [0.29, 0.717) is 6.42 Å². The molecule has 0 saturated carbocycles. The summed E-state index contributed by atoms with van der Waals surface area (Å²) in [6.45, 7) is 7.66. The number of aliphatic hydroxyl groups is 1. The molecule has 0 aromatic carbocycles. The van der Waals surface area contributed by atoms with E-state index in [-0.39, 0.29) is 6.10 Å². The van der Waals surface area contributed by atoms with Crippen molar-refractivity contribution in [3.63, 3.8) is 0 Å². The van der Waals surface area contributed by atoms with Crippen molar-refractivity contribution in [2.45, 2.75) is 32.8 Å². The first kappa shape index (κ1) is 11.2. The zero-order chi connectivity index (χ0) is 9.40. The lowest BCUT2D eigenvalue weighted by Gasteiger charge is -2.05. The Balaban J connectivity index is 3.90. The molecule has 0 aliphatic carbocycles. The molecule has 1 heteroatoms.